The number of fused-ring (bicyclic) bond motifs is 1. The highest BCUT2D eigenvalue weighted by Gasteiger charge is 1.91. The Bertz CT molecular complexity index is 288. The molecule has 5 heteroatoms. The first-order valence-corrected chi connectivity index (χ1v) is 2.56. The average Bonchev–Trinajstić information content (AvgIpc) is 2.33. The fourth-order valence-corrected chi connectivity index (χ4v) is 0.691. The third-order valence-corrected chi connectivity index (χ3v) is 1.10. The largest absolute Gasteiger partial charge is 0.342 e. The lowest BCUT2D eigenvalue weighted by molar-refractivity contribution is 1.20. The molecule has 0 bridgehead atoms. The molecule has 0 unspecified atom stereocenters. The van der Waals surface area contributed by atoms with Crippen LogP contribution in [0.3, 0.4) is 0 Å². The summed E-state index contributed by atoms with van der Waals surface area (Å²) in [4.78, 5) is 14.5. The standard InChI is InChI=1S/C5H4N4.H2S/c1-4-5(8-2-6-1)9-3-7-4;/h1-3H,(H,6,7,8,9);1H2. The molecule has 0 atom stereocenters. The summed E-state index contributed by atoms with van der Waals surface area (Å²) in [6, 6.07) is 0. The fraction of sp³-hybridized carbons (Fsp3) is 0. The number of hydrogen-bond donors (Lipinski definition) is 1. The van der Waals surface area contributed by atoms with Gasteiger partial charge < -0.3 is 4.98 Å². The molecule has 2 aromatic heterocycles. The SMILES string of the molecule is S.c1ncc2[nH]cnc2n1. The van der Waals surface area contributed by atoms with Crippen molar-refractivity contribution in [3.8, 4) is 0 Å². The van der Waals surface area contributed by atoms with E-state index < -0.39 is 0 Å². The molecule has 52 valence electrons. The summed E-state index contributed by atoms with van der Waals surface area (Å²) in [6.07, 6.45) is 4.76. The summed E-state index contributed by atoms with van der Waals surface area (Å²) in [7, 11) is 0. The van der Waals surface area contributed by atoms with E-state index in [2.05, 4.69) is 19.9 Å². The molecule has 0 aliphatic carbocycles. The number of nitrogens with zero attached hydrogens (tertiary/aromatic N) is 3. The molecular weight excluding hydrogens is 148 g/mol. The van der Waals surface area contributed by atoms with Gasteiger partial charge in [0.1, 0.15) is 11.8 Å². The number of hydrogen-bond acceptors (Lipinski definition) is 3. The van der Waals surface area contributed by atoms with Crippen LogP contribution in [0.1, 0.15) is 0 Å². The van der Waals surface area contributed by atoms with Crippen molar-refractivity contribution in [1.82, 2.24) is 19.9 Å². The molecule has 0 aromatic carbocycles. The monoisotopic (exact) mass is 154 g/mol. The van der Waals surface area contributed by atoms with Gasteiger partial charge in [0, 0.05) is 0 Å². The number of rotatable bonds is 0. The predicted octanol–water partition coefficient (Wildman–Crippen LogP) is 0.466. The van der Waals surface area contributed by atoms with E-state index in [0.29, 0.717) is 5.65 Å². The number of imidazole rings is 1. The Labute approximate surface area is 64.2 Å². The number of aromatic amines is 1. The minimum atomic E-state index is 0. The maximum absolute atomic E-state index is 3.91. The van der Waals surface area contributed by atoms with Crippen molar-refractivity contribution in [2.24, 2.45) is 0 Å². The van der Waals surface area contributed by atoms with Crippen LogP contribution < -0.4 is 0 Å². The highest BCUT2D eigenvalue weighted by atomic mass is 32.1. The minimum Gasteiger partial charge on any atom is -0.342 e. The molecule has 0 aliphatic heterocycles. The topological polar surface area (TPSA) is 54.5 Å². The molecule has 1 N–H and O–H groups in total. The van der Waals surface area contributed by atoms with Crippen LogP contribution in [0.5, 0.6) is 0 Å². The Morgan fingerprint density at radius 3 is 3.00 bits per heavy atom. The molecule has 0 spiro atoms. The first-order valence-electron chi connectivity index (χ1n) is 2.56. The Kier molecular flexibility index (Phi) is 1.86. The van der Waals surface area contributed by atoms with Gasteiger partial charge in [-0.1, -0.05) is 0 Å². The molecule has 10 heavy (non-hydrogen) atoms. The zero-order chi connectivity index (χ0) is 6.10. The van der Waals surface area contributed by atoms with Gasteiger partial charge in [-0.3, -0.25) is 0 Å². The normalized spacial score (nSPS) is 9.20. The maximum Gasteiger partial charge on any atom is 0.180 e. The second kappa shape index (κ2) is 2.66. The highest BCUT2D eigenvalue weighted by molar-refractivity contribution is 7.59. The van der Waals surface area contributed by atoms with Gasteiger partial charge in [-0.25, -0.2) is 15.0 Å². The van der Waals surface area contributed by atoms with Gasteiger partial charge in [0.2, 0.25) is 0 Å². The van der Waals surface area contributed by atoms with Crippen molar-refractivity contribution < 1.29 is 0 Å². The van der Waals surface area contributed by atoms with Crippen LogP contribution >= 0.6 is 13.5 Å². The summed E-state index contributed by atoms with van der Waals surface area (Å²) in [6.45, 7) is 0. The van der Waals surface area contributed by atoms with Crippen LogP contribution in [-0.2, 0) is 0 Å². The van der Waals surface area contributed by atoms with Gasteiger partial charge in [0.25, 0.3) is 0 Å². The number of nitrogens with one attached hydrogen (secondary N) is 1. The van der Waals surface area contributed by atoms with Crippen molar-refractivity contribution in [3.05, 3.63) is 18.9 Å². The third-order valence-electron chi connectivity index (χ3n) is 1.10. The third kappa shape index (κ3) is 0.950. The van der Waals surface area contributed by atoms with Crippen LogP contribution in [-0.4, -0.2) is 19.9 Å². The van der Waals surface area contributed by atoms with E-state index in [1.54, 1.807) is 12.5 Å². The Morgan fingerprint density at radius 1 is 1.30 bits per heavy atom. The van der Waals surface area contributed by atoms with Crippen LogP contribution in [0.2, 0.25) is 0 Å². The van der Waals surface area contributed by atoms with Crippen molar-refractivity contribution in [2.75, 3.05) is 0 Å². The van der Waals surface area contributed by atoms with E-state index in [9.17, 15) is 0 Å². The van der Waals surface area contributed by atoms with Crippen LogP contribution in [0, 0.1) is 0 Å². The van der Waals surface area contributed by atoms with Gasteiger partial charge in [-0.05, 0) is 0 Å². The fourth-order valence-electron chi connectivity index (χ4n) is 0.691. The number of H-pyrrole nitrogens is 1. The molecule has 0 saturated carbocycles. The summed E-state index contributed by atoms with van der Waals surface area (Å²) in [5.74, 6) is 0. The lowest BCUT2D eigenvalue weighted by atomic mass is 10.6. The summed E-state index contributed by atoms with van der Waals surface area (Å²) in [5.41, 5.74) is 1.59. The predicted molar refractivity (Wildman–Crippen MR) is 42.1 cm³/mol. The Morgan fingerprint density at radius 2 is 2.20 bits per heavy atom. The van der Waals surface area contributed by atoms with Crippen molar-refractivity contribution in [3.63, 3.8) is 0 Å². The van der Waals surface area contributed by atoms with Crippen molar-refractivity contribution in [1.29, 1.82) is 0 Å². The van der Waals surface area contributed by atoms with Crippen LogP contribution in [0.25, 0.3) is 11.2 Å². The lowest BCUT2D eigenvalue weighted by Crippen LogP contribution is -1.76. The van der Waals surface area contributed by atoms with Gasteiger partial charge in [0.05, 0.1) is 12.5 Å². The van der Waals surface area contributed by atoms with E-state index >= 15 is 0 Å². The number of aromatic nitrogens is 4. The smallest absolute Gasteiger partial charge is 0.180 e. The molecule has 0 aliphatic rings. The van der Waals surface area contributed by atoms with Gasteiger partial charge in [-0.2, -0.15) is 13.5 Å². The highest BCUT2D eigenvalue weighted by Crippen LogP contribution is 1.99. The van der Waals surface area contributed by atoms with E-state index in [-0.39, 0.29) is 13.5 Å². The second-order valence-electron chi connectivity index (χ2n) is 1.66. The lowest BCUT2D eigenvalue weighted by Gasteiger charge is -1.80. The Hall–Kier alpha value is -1.10. The molecule has 2 heterocycles. The first kappa shape index (κ1) is 7.01. The van der Waals surface area contributed by atoms with Crippen molar-refractivity contribution in [2.45, 2.75) is 0 Å². The summed E-state index contributed by atoms with van der Waals surface area (Å²) < 4.78 is 0. The van der Waals surface area contributed by atoms with E-state index in [0.717, 1.165) is 5.52 Å². The van der Waals surface area contributed by atoms with Gasteiger partial charge >= 0.3 is 0 Å². The van der Waals surface area contributed by atoms with Crippen LogP contribution in [0.4, 0.5) is 0 Å². The van der Waals surface area contributed by atoms with E-state index in [1.165, 1.54) is 6.33 Å². The maximum atomic E-state index is 3.91. The zero-order valence-electron chi connectivity index (χ0n) is 5.07. The molecule has 2 aromatic rings. The molecule has 0 fully saturated rings. The zero-order valence-corrected chi connectivity index (χ0v) is 6.07. The molecular formula is C5H6N4S. The molecule has 0 amide bonds. The molecule has 0 radical (unpaired) electrons. The van der Waals surface area contributed by atoms with Gasteiger partial charge in [-0.15, -0.1) is 0 Å². The Balaban J connectivity index is 0.000000500. The molecule has 4 nitrogen and oxygen atoms in total. The van der Waals surface area contributed by atoms with Gasteiger partial charge in [0.15, 0.2) is 5.65 Å². The summed E-state index contributed by atoms with van der Waals surface area (Å²) >= 11 is 0. The average molecular weight is 154 g/mol. The molecule has 2 rings (SSSR count). The van der Waals surface area contributed by atoms with Crippen LogP contribution in [0.15, 0.2) is 18.9 Å². The minimum absolute atomic E-state index is 0. The summed E-state index contributed by atoms with van der Waals surface area (Å²) in [5, 5.41) is 0. The second-order valence-corrected chi connectivity index (χ2v) is 1.66. The first-order chi connectivity index (χ1) is 4.47. The quantitative estimate of drug-likeness (QED) is 0.600. The molecule has 0 saturated heterocycles. The van der Waals surface area contributed by atoms with E-state index in [1.807, 2.05) is 0 Å². The van der Waals surface area contributed by atoms with E-state index in [4.69, 9.17) is 0 Å². The van der Waals surface area contributed by atoms with Crippen molar-refractivity contribution >= 4 is 24.7 Å².